The van der Waals surface area contributed by atoms with Gasteiger partial charge in [-0.3, -0.25) is 14.9 Å². The molecule has 2 N–H and O–H groups in total. The minimum atomic E-state index is -0.125. The number of rotatable bonds is 7. The summed E-state index contributed by atoms with van der Waals surface area (Å²) in [4.78, 5) is 19.9. The molecule has 2 aromatic heterocycles. The second-order valence-electron chi connectivity index (χ2n) is 8.35. The molecule has 33 heavy (non-hydrogen) atoms. The van der Waals surface area contributed by atoms with Crippen molar-refractivity contribution >= 4 is 16.8 Å². The summed E-state index contributed by atoms with van der Waals surface area (Å²) in [6, 6.07) is 15.7. The topological polar surface area (TPSA) is 83.1 Å². The molecule has 1 saturated heterocycles. The molecule has 3 heterocycles. The molecule has 0 bridgehead atoms. The standard InChI is InChI=1S/C26H27N5O2/c1-3-33-23-11-18(9-10-21(23)17-7-5-4-6-8-17)26(32)31(2)25(20-13-27-14-20)22-16-28-12-19-15-29-30-24(19)22/h4-12,15-16,20,25,27H,3,13-14H2,1-2H3,(H,29,30)/t25-/m0/s1. The number of pyridine rings is 1. The van der Waals surface area contributed by atoms with Crippen molar-refractivity contribution in [1.82, 2.24) is 25.4 Å². The maximum absolute atomic E-state index is 13.7. The number of nitrogens with one attached hydrogen (secondary N) is 2. The Morgan fingerprint density at radius 2 is 1.97 bits per heavy atom. The van der Waals surface area contributed by atoms with Gasteiger partial charge in [0.15, 0.2) is 0 Å². The third kappa shape index (κ3) is 3.96. The van der Waals surface area contributed by atoms with Crippen molar-refractivity contribution < 1.29 is 9.53 Å². The van der Waals surface area contributed by atoms with Crippen LogP contribution in [0.1, 0.15) is 28.9 Å². The molecule has 0 saturated carbocycles. The third-order valence-electron chi connectivity index (χ3n) is 6.31. The Kier molecular flexibility index (Phi) is 5.79. The molecule has 7 nitrogen and oxygen atoms in total. The number of hydrogen-bond donors (Lipinski definition) is 2. The normalized spacial score (nSPS) is 14.6. The molecule has 0 aliphatic carbocycles. The zero-order valence-electron chi connectivity index (χ0n) is 18.8. The Morgan fingerprint density at radius 3 is 2.70 bits per heavy atom. The van der Waals surface area contributed by atoms with E-state index in [2.05, 4.69) is 20.5 Å². The monoisotopic (exact) mass is 441 g/mol. The number of amides is 1. The van der Waals surface area contributed by atoms with Crippen LogP contribution in [-0.2, 0) is 0 Å². The molecule has 4 aromatic rings. The van der Waals surface area contributed by atoms with Gasteiger partial charge in [0.25, 0.3) is 5.91 Å². The first kappa shape index (κ1) is 21.2. The minimum Gasteiger partial charge on any atom is -0.493 e. The number of carbonyl (C=O) groups excluding carboxylic acids is 1. The van der Waals surface area contributed by atoms with E-state index in [1.807, 2.05) is 73.6 Å². The summed E-state index contributed by atoms with van der Waals surface area (Å²) in [7, 11) is 1.87. The first-order chi connectivity index (χ1) is 16.2. The lowest BCUT2D eigenvalue weighted by Gasteiger charge is -2.40. The molecule has 1 fully saturated rings. The Labute approximate surface area is 192 Å². The lowest BCUT2D eigenvalue weighted by Crippen LogP contribution is -2.50. The summed E-state index contributed by atoms with van der Waals surface area (Å²) in [5, 5.41) is 11.5. The number of carbonyl (C=O) groups is 1. The Morgan fingerprint density at radius 1 is 1.15 bits per heavy atom. The van der Waals surface area contributed by atoms with Crippen molar-refractivity contribution in [2.45, 2.75) is 13.0 Å². The van der Waals surface area contributed by atoms with Gasteiger partial charge in [-0.05, 0) is 30.7 Å². The van der Waals surface area contributed by atoms with Gasteiger partial charge < -0.3 is 15.0 Å². The summed E-state index contributed by atoms with van der Waals surface area (Å²) in [5.74, 6) is 0.954. The molecule has 1 aliphatic heterocycles. The van der Waals surface area contributed by atoms with Crippen LogP contribution >= 0.6 is 0 Å². The number of H-pyrrole nitrogens is 1. The molecule has 0 radical (unpaired) electrons. The predicted molar refractivity (Wildman–Crippen MR) is 128 cm³/mol. The fourth-order valence-electron chi connectivity index (χ4n) is 4.54. The van der Waals surface area contributed by atoms with Gasteiger partial charge in [0, 0.05) is 60.5 Å². The van der Waals surface area contributed by atoms with E-state index in [0.29, 0.717) is 23.8 Å². The summed E-state index contributed by atoms with van der Waals surface area (Å²) in [5.41, 5.74) is 4.54. The van der Waals surface area contributed by atoms with E-state index >= 15 is 0 Å². The zero-order valence-corrected chi connectivity index (χ0v) is 18.8. The average molecular weight is 442 g/mol. The lowest BCUT2D eigenvalue weighted by molar-refractivity contribution is 0.0626. The smallest absolute Gasteiger partial charge is 0.254 e. The number of hydrogen-bond acceptors (Lipinski definition) is 5. The van der Waals surface area contributed by atoms with Gasteiger partial charge >= 0.3 is 0 Å². The number of ether oxygens (including phenoxy) is 1. The van der Waals surface area contributed by atoms with Crippen molar-refractivity contribution in [3.8, 4) is 16.9 Å². The lowest BCUT2D eigenvalue weighted by atomic mass is 9.87. The fraction of sp³-hybridized carbons (Fsp3) is 0.269. The molecular weight excluding hydrogens is 414 g/mol. The van der Waals surface area contributed by atoms with Crippen LogP contribution in [0, 0.1) is 5.92 Å². The molecule has 168 valence electrons. The van der Waals surface area contributed by atoms with Gasteiger partial charge in [-0.15, -0.1) is 0 Å². The summed E-state index contributed by atoms with van der Waals surface area (Å²) < 4.78 is 5.93. The highest BCUT2D eigenvalue weighted by Gasteiger charge is 2.35. The molecule has 1 atom stereocenters. The van der Waals surface area contributed by atoms with E-state index in [4.69, 9.17) is 4.74 Å². The number of aromatic amines is 1. The number of benzene rings is 2. The third-order valence-corrected chi connectivity index (χ3v) is 6.31. The van der Waals surface area contributed by atoms with Crippen LogP contribution in [0.25, 0.3) is 22.0 Å². The van der Waals surface area contributed by atoms with Crippen molar-refractivity contribution in [3.63, 3.8) is 0 Å². The summed E-state index contributed by atoms with van der Waals surface area (Å²) in [6.45, 7) is 4.18. The molecule has 1 amide bonds. The van der Waals surface area contributed by atoms with Crippen LogP contribution < -0.4 is 10.1 Å². The molecule has 7 heteroatoms. The Bertz CT molecular complexity index is 1270. The van der Waals surface area contributed by atoms with E-state index in [1.165, 1.54) is 0 Å². The van der Waals surface area contributed by atoms with E-state index in [9.17, 15) is 4.79 Å². The van der Waals surface area contributed by atoms with Crippen LogP contribution in [0.4, 0.5) is 0 Å². The van der Waals surface area contributed by atoms with Gasteiger partial charge in [0.1, 0.15) is 5.75 Å². The second kappa shape index (κ2) is 9.03. The van der Waals surface area contributed by atoms with Gasteiger partial charge in [0.05, 0.1) is 24.4 Å². The summed E-state index contributed by atoms with van der Waals surface area (Å²) in [6.07, 6.45) is 5.40. The Hall–Kier alpha value is -3.71. The van der Waals surface area contributed by atoms with Crippen LogP contribution in [-0.4, -0.2) is 52.7 Å². The highest BCUT2D eigenvalue weighted by Crippen LogP contribution is 2.36. The van der Waals surface area contributed by atoms with Gasteiger partial charge in [-0.2, -0.15) is 5.10 Å². The maximum Gasteiger partial charge on any atom is 0.254 e. The van der Waals surface area contributed by atoms with Crippen LogP contribution in [0.3, 0.4) is 0 Å². The van der Waals surface area contributed by atoms with Gasteiger partial charge in [-0.25, -0.2) is 0 Å². The number of nitrogens with zero attached hydrogens (tertiary/aromatic N) is 3. The van der Waals surface area contributed by atoms with Gasteiger partial charge in [0.2, 0.25) is 0 Å². The second-order valence-corrected chi connectivity index (χ2v) is 8.35. The number of aromatic nitrogens is 3. The molecule has 1 aliphatic rings. The largest absolute Gasteiger partial charge is 0.493 e. The van der Waals surface area contributed by atoms with E-state index in [1.54, 1.807) is 12.4 Å². The highest BCUT2D eigenvalue weighted by molar-refractivity contribution is 5.96. The van der Waals surface area contributed by atoms with Crippen molar-refractivity contribution in [2.75, 3.05) is 26.7 Å². The summed E-state index contributed by atoms with van der Waals surface area (Å²) >= 11 is 0. The molecule has 2 aromatic carbocycles. The predicted octanol–water partition coefficient (Wildman–Crippen LogP) is 4.06. The quantitative estimate of drug-likeness (QED) is 0.452. The zero-order chi connectivity index (χ0) is 22.8. The van der Waals surface area contributed by atoms with E-state index < -0.39 is 0 Å². The van der Waals surface area contributed by atoms with E-state index in [-0.39, 0.29) is 11.9 Å². The fourth-order valence-corrected chi connectivity index (χ4v) is 4.54. The first-order valence-corrected chi connectivity index (χ1v) is 11.2. The molecule has 5 rings (SSSR count). The Balaban J connectivity index is 1.51. The van der Waals surface area contributed by atoms with E-state index in [0.717, 1.165) is 40.7 Å². The molecule has 0 spiro atoms. The SMILES string of the molecule is CCOc1cc(C(=O)N(C)[C@H](c2cncc3cn[nH]c23)C2CNC2)ccc1-c1ccccc1. The minimum absolute atomic E-state index is 0.0519. The molecular formula is C26H27N5O2. The maximum atomic E-state index is 13.7. The highest BCUT2D eigenvalue weighted by atomic mass is 16.5. The van der Waals surface area contributed by atoms with Crippen LogP contribution in [0.15, 0.2) is 67.1 Å². The number of fused-ring (bicyclic) bond motifs is 1. The van der Waals surface area contributed by atoms with Crippen molar-refractivity contribution in [3.05, 3.63) is 78.2 Å². The van der Waals surface area contributed by atoms with Crippen molar-refractivity contribution in [2.24, 2.45) is 5.92 Å². The average Bonchev–Trinajstić information content (AvgIpc) is 3.30. The van der Waals surface area contributed by atoms with Crippen LogP contribution in [0.2, 0.25) is 0 Å². The van der Waals surface area contributed by atoms with Crippen LogP contribution in [0.5, 0.6) is 5.75 Å². The molecule has 0 unspecified atom stereocenters. The van der Waals surface area contributed by atoms with Crippen molar-refractivity contribution in [1.29, 1.82) is 0 Å². The first-order valence-electron chi connectivity index (χ1n) is 11.2. The van der Waals surface area contributed by atoms with Gasteiger partial charge in [-0.1, -0.05) is 30.3 Å².